The number of ether oxygens (including phenoxy) is 1. The lowest BCUT2D eigenvalue weighted by atomic mass is 10.2. The van der Waals surface area contributed by atoms with Crippen LogP contribution in [0.4, 0.5) is 0 Å². The van der Waals surface area contributed by atoms with Crippen LogP contribution in [-0.2, 0) is 9.53 Å². The largest absolute Gasteiger partial charge is 0.468 e. The number of aryl methyl sites for hydroxylation is 1. The summed E-state index contributed by atoms with van der Waals surface area (Å²) in [6.45, 7) is 1.44. The number of hydrogen-bond donors (Lipinski definition) is 2. The summed E-state index contributed by atoms with van der Waals surface area (Å²) in [5.41, 5.74) is 0.865. The Morgan fingerprint density at radius 2 is 2.28 bits per heavy atom. The van der Waals surface area contributed by atoms with E-state index in [1.807, 2.05) is 6.92 Å². The molecule has 1 aromatic heterocycles. The number of hydrogen-bond acceptors (Lipinski definition) is 5. The Labute approximate surface area is 109 Å². The molecule has 0 saturated heterocycles. The van der Waals surface area contributed by atoms with E-state index in [2.05, 4.69) is 21.9 Å². The van der Waals surface area contributed by atoms with Crippen LogP contribution >= 0.6 is 11.3 Å². The van der Waals surface area contributed by atoms with Gasteiger partial charge in [-0.1, -0.05) is 11.8 Å². The normalized spacial score (nSPS) is 9.28. The number of esters is 1. The van der Waals surface area contributed by atoms with Gasteiger partial charge >= 0.3 is 5.97 Å². The zero-order chi connectivity index (χ0) is 13.5. The molecule has 1 heterocycles. The summed E-state index contributed by atoms with van der Waals surface area (Å²) in [5.74, 6) is 4.44. The standard InChI is InChI=1S/C12H13NO4S/c1-8-6-10(18-9(8)4-3-5-14)12(16)13-7-11(15)17-2/h6,14H,5,7H2,1-2H3,(H,13,16). The summed E-state index contributed by atoms with van der Waals surface area (Å²) in [6.07, 6.45) is 0. The van der Waals surface area contributed by atoms with Gasteiger partial charge in [-0.05, 0) is 18.6 Å². The zero-order valence-corrected chi connectivity index (χ0v) is 10.9. The Bertz CT molecular complexity index is 510. The number of amides is 1. The van der Waals surface area contributed by atoms with E-state index in [1.54, 1.807) is 6.07 Å². The highest BCUT2D eigenvalue weighted by Gasteiger charge is 2.12. The van der Waals surface area contributed by atoms with E-state index >= 15 is 0 Å². The van der Waals surface area contributed by atoms with Crippen LogP contribution in [0.3, 0.4) is 0 Å². The molecular formula is C12H13NO4S. The molecule has 0 aliphatic carbocycles. The maximum atomic E-state index is 11.7. The Kier molecular flexibility index (Phi) is 5.36. The highest BCUT2D eigenvalue weighted by atomic mass is 32.1. The van der Waals surface area contributed by atoms with Gasteiger partial charge < -0.3 is 15.2 Å². The first kappa shape index (κ1) is 14.2. The van der Waals surface area contributed by atoms with Crippen molar-refractivity contribution in [3.8, 4) is 11.8 Å². The van der Waals surface area contributed by atoms with E-state index in [0.717, 1.165) is 10.4 Å². The fourth-order valence-electron chi connectivity index (χ4n) is 1.15. The van der Waals surface area contributed by atoms with Crippen molar-refractivity contribution >= 4 is 23.2 Å². The minimum atomic E-state index is -0.503. The molecule has 0 atom stereocenters. The van der Waals surface area contributed by atoms with Crippen molar-refractivity contribution in [2.75, 3.05) is 20.3 Å². The van der Waals surface area contributed by atoms with E-state index in [1.165, 1.54) is 18.4 Å². The fraction of sp³-hybridized carbons (Fsp3) is 0.333. The first-order chi connectivity index (χ1) is 8.58. The first-order valence-electron chi connectivity index (χ1n) is 5.13. The zero-order valence-electron chi connectivity index (χ0n) is 10.1. The van der Waals surface area contributed by atoms with E-state index < -0.39 is 5.97 Å². The number of aliphatic hydroxyl groups is 1. The van der Waals surface area contributed by atoms with Gasteiger partial charge in [0.25, 0.3) is 5.91 Å². The van der Waals surface area contributed by atoms with Crippen molar-refractivity contribution in [3.05, 3.63) is 21.4 Å². The molecule has 0 fully saturated rings. The lowest BCUT2D eigenvalue weighted by molar-refractivity contribution is -0.139. The van der Waals surface area contributed by atoms with Crippen molar-refractivity contribution in [1.29, 1.82) is 0 Å². The molecule has 1 aromatic rings. The Hall–Kier alpha value is -1.84. The van der Waals surface area contributed by atoms with Gasteiger partial charge in [-0.15, -0.1) is 11.3 Å². The molecule has 2 N–H and O–H groups in total. The van der Waals surface area contributed by atoms with Crippen molar-refractivity contribution < 1.29 is 19.4 Å². The summed E-state index contributed by atoms with van der Waals surface area (Å²) in [7, 11) is 1.26. The van der Waals surface area contributed by atoms with E-state index in [0.29, 0.717) is 4.88 Å². The van der Waals surface area contributed by atoms with Crippen LogP contribution in [0.2, 0.25) is 0 Å². The molecular weight excluding hydrogens is 254 g/mol. The topological polar surface area (TPSA) is 75.6 Å². The maximum absolute atomic E-state index is 11.7. The van der Waals surface area contributed by atoms with Crippen LogP contribution in [0.1, 0.15) is 20.1 Å². The monoisotopic (exact) mass is 267 g/mol. The van der Waals surface area contributed by atoms with Crippen LogP contribution in [-0.4, -0.2) is 37.2 Å². The molecule has 0 aliphatic rings. The van der Waals surface area contributed by atoms with Gasteiger partial charge in [0.15, 0.2) is 0 Å². The van der Waals surface area contributed by atoms with Crippen molar-refractivity contribution in [3.63, 3.8) is 0 Å². The van der Waals surface area contributed by atoms with Gasteiger partial charge in [-0.2, -0.15) is 0 Å². The second kappa shape index (κ2) is 6.79. The molecule has 0 unspecified atom stereocenters. The molecule has 0 aromatic carbocycles. The molecule has 5 nitrogen and oxygen atoms in total. The second-order valence-corrected chi connectivity index (χ2v) is 4.39. The molecule has 18 heavy (non-hydrogen) atoms. The summed E-state index contributed by atoms with van der Waals surface area (Å²) in [6, 6.07) is 1.69. The quantitative estimate of drug-likeness (QED) is 0.610. The maximum Gasteiger partial charge on any atom is 0.325 e. The van der Waals surface area contributed by atoms with Crippen molar-refractivity contribution in [2.24, 2.45) is 0 Å². The van der Waals surface area contributed by atoms with Gasteiger partial charge in [0, 0.05) is 0 Å². The van der Waals surface area contributed by atoms with E-state index in [-0.39, 0.29) is 19.1 Å². The third-order valence-electron chi connectivity index (χ3n) is 2.04. The van der Waals surface area contributed by atoms with Gasteiger partial charge in [0.05, 0.1) is 16.9 Å². The molecule has 96 valence electrons. The lowest BCUT2D eigenvalue weighted by Crippen LogP contribution is -2.29. The lowest BCUT2D eigenvalue weighted by Gasteiger charge is -2.00. The number of nitrogens with one attached hydrogen (secondary N) is 1. The fourth-order valence-corrected chi connectivity index (χ4v) is 2.11. The number of carbonyl (C=O) groups excluding carboxylic acids is 2. The SMILES string of the molecule is COC(=O)CNC(=O)c1cc(C)c(C#CCO)s1. The van der Waals surface area contributed by atoms with E-state index in [4.69, 9.17) is 5.11 Å². The Morgan fingerprint density at radius 3 is 2.89 bits per heavy atom. The van der Waals surface area contributed by atoms with Crippen LogP contribution in [0, 0.1) is 18.8 Å². The number of thiophene rings is 1. The highest BCUT2D eigenvalue weighted by molar-refractivity contribution is 7.14. The molecule has 1 rings (SSSR count). The molecule has 0 saturated carbocycles. The molecule has 0 spiro atoms. The minimum Gasteiger partial charge on any atom is -0.468 e. The van der Waals surface area contributed by atoms with Crippen LogP contribution < -0.4 is 5.32 Å². The average Bonchev–Trinajstić information content (AvgIpc) is 2.74. The Morgan fingerprint density at radius 1 is 1.56 bits per heavy atom. The average molecular weight is 267 g/mol. The van der Waals surface area contributed by atoms with Crippen LogP contribution in [0.25, 0.3) is 0 Å². The molecule has 0 bridgehead atoms. The molecule has 0 aliphatic heterocycles. The predicted molar refractivity (Wildman–Crippen MR) is 67.4 cm³/mol. The summed E-state index contributed by atoms with van der Waals surface area (Å²) >= 11 is 1.22. The molecule has 1 amide bonds. The predicted octanol–water partition coefficient (Wildman–Crippen LogP) is 0.303. The van der Waals surface area contributed by atoms with Crippen LogP contribution in [0.5, 0.6) is 0 Å². The highest BCUT2D eigenvalue weighted by Crippen LogP contribution is 2.20. The second-order valence-electron chi connectivity index (χ2n) is 3.34. The van der Waals surface area contributed by atoms with Gasteiger partial charge in [0.1, 0.15) is 13.2 Å². The molecule has 6 heteroatoms. The number of carbonyl (C=O) groups is 2. The first-order valence-corrected chi connectivity index (χ1v) is 5.95. The summed E-state index contributed by atoms with van der Waals surface area (Å²) in [4.78, 5) is 23.8. The van der Waals surface area contributed by atoms with E-state index in [9.17, 15) is 9.59 Å². The van der Waals surface area contributed by atoms with Crippen molar-refractivity contribution in [2.45, 2.75) is 6.92 Å². The number of aliphatic hydroxyl groups excluding tert-OH is 1. The Balaban J connectivity index is 2.72. The van der Waals surface area contributed by atoms with Crippen LogP contribution in [0.15, 0.2) is 6.07 Å². The smallest absolute Gasteiger partial charge is 0.325 e. The van der Waals surface area contributed by atoms with Gasteiger partial charge in [-0.3, -0.25) is 9.59 Å². The van der Waals surface area contributed by atoms with Gasteiger partial charge in [0.2, 0.25) is 0 Å². The number of methoxy groups -OCH3 is 1. The third kappa shape index (κ3) is 3.87. The number of rotatable bonds is 3. The van der Waals surface area contributed by atoms with Gasteiger partial charge in [-0.25, -0.2) is 0 Å². The summed E-state index contributed by atoms with van der Waals surface area (Å²) in [5, 5.41) is 11.1. The third-order valence-corrected chi connectivity index (χ3v) is 3.19. The van der Waals surface area contributed by atoms with Crippen molar-refractivity contribution in [1.82, 2.24) is 5.32 Å². The minimum absolute atomic E-state index is 0.163. The summed E-state index contributed by atoms with van der Waals surface area (Å²) < 4.78 is 4.42. The molecule has 0 radical (unpaired) electrons.